The van der Waals surface area contributed by atoms with E-state index in [9.17, 15) is 0 Å². The highest BCUT2D eigenvalue weighted by atomic mass is 32.1. The van der Waals surface area contributed by atoms with E-state index in [-0.39, 0.29) is 0 Å². The van der Waals surface area contributed by atoms with Gasteiger partial charge in [-0.2, -0.15) is 0 Å². The molecule has 2 aliphatic rings. The van der Waals surface area contributed by atoms with Crippen molar-refractivity contribution in [3.63, 3.8) is 0 Å². The third-order valence-electron chi connectivity index (χ3n) is 3.84. The molecule has 1 aliphatic carbocycles. The summed E-state index contributed by atoms with van der Waals surface area (Å²) in [7, 11) is 0. The van der Waals surface area contributed by atoms with Crippen molar-refractivity contribution in [2.75, 3.05) is 13.2 Å². The molecule has 0 atom stereocenters. The second-order valence-corrected chi connectivity index (χ2v) is 6.87. The van der Waals surface area contributed by atoms with Crippen molar-refractivity contribution < 1.29 is 4.74 Å². The summed E-state index contributed by atoms with van der Waals surface area (Å²) in [5.74, 6) is 0. The molecule has 0 amide bonds. The molecule has 1 aromatic heterocycles. The molecule has 1 saturated carbocycles. The minimum absolute atomic E-state index is 0.368. The number of hydrogen-bond donors (Lipinski definition) is 0. The first-order valence-electron chi connectivity index (χ1n) is 6.56. The highest BCUT2D eigenvalue weighted by Crippen LogP contribution is 2.47. The Labute approximate surface area is 108 Å². The second kappa shape index (κ2) is 4.38. The zero-order valence-corrected chi connectivity index (χ0v) is 11.6. The first kappa shape index (κ1) is 11.7. The van der Waals surface area contributed by atoms with Gasteiger partial charge in [-0.25, -0.2) is 0 Å². The van der Waals surface area contributed by atoms with Gasteiger partial charge in [0.25, 0.3) is 0 Å². The van der Waals surface area contributed by atoms with E-state index in [1.165, 1.54) is 19.4 Å². The lowest BCUT2D eigenvalue weighted by molar-refractivity contribution is 0.0305. The summed E-state index contributed by atoms with van der Waals surface area (Å²) >= 11 is 1.91. The molecule has 1 aliphatic heterocycles. The van der Waals surface area contributed by atoms with Crippen molar-refractivity contribution in [2.45, 2.75) is 45.9 Å². The van der Waals surface area contributed by atoms with Crippen LogP contribution in [0.25, 0.3) is 0 Å². The lowest BCUT2D eigenvalue weighted by atomic mass is 10.1. The minimum Gasteiger partial charge on any atom is -0.378 e. The molecule has 1 fully saturated rings. The summed E-state index contributed by atoms with van der Waals surface area (Å²) < 4.78 is 5.81. The first-order chi connectivity index (χ1) is 8.17. The van der Waals surface area contributed by atoms with Gasteiger partial charge in [0.15, 0.2) is 0 Å². The van der Waals surface area contributed by atoms with Crippen LogP contribution in [0.3, 0.4) is 0 Å². The standard InChI is InChI=1S/C14H21NOS/c1-11(2)16-10-14(4-5-14)9-15-7-12-3-6-17-13(12)8-15/h3,6,11H,4-5,7-10H2,1-2H3. The molecule has 0 bridgehead atoms. The maximum Gasteiger partial charge on any atom is 0.0538 e. The predicted octanol–water partition coefficient (Wildman–Crippen LogP) is 3.27. The molecule has 1 aromatic rings. The summed E-state index contributed by atoms with van der Waals surface area (Å²) in [4.78, 5) is 4.17. The fourth-order valence-electron chi connectivity index (χ4n) is 2.60. The van der Waals surface area contributed by atoms with Crippen LogP contribution in [0.2, 0.25) is 0 Å². The van der Waals surface area contributed by atoms with E-state index in [1.54, 1.807) is 10.4 Å². The van der Waals surface area contributed by atoms with E-state index in [1.807, 2.05) is 11.3 Å². The molecule has 0 radical (unpaired) electrons. The molecule has 3 rings (SSSR count). The van der Waals surface area contributed by atoms with E-state index in [0.29, 0.717) is 11.5 Å². The van der Waals surface area contributed by atoms with Gasteiger partial charge < -0.3 is 4.74 Å². The Kier molecular flexibility index (Phi) is 3.01. The summed E-state index contributed by atoms with van der Waals surface area (Å²) in [5, 5.41) is 2.22. The molecule has 3 heteroatoms. The summed E-state index contributed by atoms with van der Waals surface area (Å²) in [6.45, 7) is 8.75. The molecule has 17 heavy (non-hydrogen) atoms. The number of ether oxygens (including phenoxy) is 1. The molecule has 94 valence electrons. The van der Waals surface area contributed by atoms with Crippen molar-refractivity contribution in [3.8, 4) is 0 Å². The van der Waals surface area contributed by atoms with Gasteiger partial charge in [0, 0.05) is 29.9 Å². The third kappa shape index (κ3) is 2.56. The number of rotatable bonds is 5. The summed E-state index contributed by atoms with van der Waals surface area (Å²) in [5.41, 5.74) is 2.04. The van der Waals surface area contributed by atoms with Gasteiger partial charge in [-0.05, 0) is 43.7 Å². The number of thiophene rings is 1. The Bertz CT molecular complexity index is 374. The smallest absolute Gasteiger partial charge is 0.0538 e. The van der Waals surface area contributed by atoms with E-state index in [0.717, 1.165) is 19.7 Å². The van der Waals surface area contributed by atoms with Crippen molar-refractivity contribution in [1.29, 1.82) is 0 Å². The Morgan fingerprint density at radius 1 is 1.41 bits per heavy atom. The molecule has 0 saturated heterocycles. The van der Waals surface area contributed by atoms with Gasteiger partial charge in [0.05, 0.1) is 12.7 Å². The first-order valence-corrected chi connectivity index (χ1v) is 7.44. The molecule has 0 aromatic carbocycles. The highest BCUT2D eigenvalue weighted by Gasteiger charge is 2.45. The zero-order chi connectivity index (χ0) is 11.9. The maximum atomic E-state index is 5.81. The summed E-state index contributed by atoms with van der Waals surface area (Å²) in [6, 6.07) is 2.28. The molecular weight excluding hydrogens is 230 g/mol. The monoisotopic (exact) mass is 251 g/mol. The van der Waals surface area contributed by atoms with Crippen LogP contribution in [0.4, 0.5) is 0 Å². The molecular formula is C14H21NOS. The fraction of sp³-hybridized carbons (Fsp3) is 0.714. The normalized spacial score (nSPS) is 22.1. The van der Waals surface area contributed by atoms with Crippen LogP contribution in [-0.4, -0.2) is 24.2 Å². The Morgan fingerprint density at radius 2 is 2.24 bits per heavy atom. The van der Waals surface area contributed by atoms with Crippen LogP contribution in [0, 0.1) is 5.41 Å². The number of fused-ring (bicyclic) bond motifs is 1. The SMILES string of the molecule is CC(C)OCC1(CN2Cc3ccsc3C2)CC1. The van der Waals surface area contributed by atoms with Crippen molar-refractivity contribution in [1.82, 2.24) is 4.90 Å². The molecule has 0 spiro atoms. The van der Waals surface area contributed by atoms with Crippen molar-refractivity contribution >= 4 is 11.3 Å². The van der Waals surface area contributed by atoms with Gasteiger partial charge >= 0.3 is 0 Å². The van der Waals surface area contributed by atoms with E-state index >= 15 is 0 Å². The highest BCUT2D eigenvalue weighted by molar-refractivity contribution is 7.10. The quantitative estimate of drug-likeness (QED) is 0.796. The minimum atomic E-state index is 0.368. The zero-order valence-electron chi connectivity index (χ0n) is 10.7. The number of nitrogens with zero attached hydrogens (tertiary/aromatic N) is 1. The van der Waals surface area contributed by atoms with Crippen LogP contribution >= 0.6 is 11.3 Å². The topological polar surface area (TPSA) is 12.5 Å². The Hall–Kier alpha value is -0.380. The van der Waals surface area contributed by atoms with Gasteiger partial charge in [-0.15, -0.1) is 11.3 Å². The Balaban J connectivity index is 1.53. The lowest BCUT2D eigenvalue weighted by Crippen LogP contribution is -2.29. The largest absolute Gasteiger partial charge is 0.378 e. The van der Waals surface area contributed by atoms with Gasteiger partial charge in [-0.1, -0.05) is 0 Å². The van der Waals surface area contributed by atoms with E-state index < -0.39 is 0 Å². The third-order valence-corrected chi connectivity index (χ3v) is 4.79. The number of hydrogen-bond acceptors (Lipinski definition) is 3. The summed E-state index contributed by atoms with van der Waals surface area (Å²) in [6.07, 6.45) is 3.07. The molecule has 0 unspecified atom stereocenters. The van der Waals surface area contributed by atoms with Crippen LogP contribution < -0.4 is 0 Å². The van der Waals surface area contributed by atoms with Crippen LogP contribution in [0.5, 0.6) is 0 Å². The van der Waals surface area contributed by atoms with Crippen LogP contribution in [0.1, 0.15) is 37.1 Å². The lowest BCUT2D eigenvalue weighted by Gasteiger charge is -2.23. The second-order valence-electron chi connectivity index (χ2n) is 5.87. The van der Waals surface area contributed by atoms with E-state index in [4.69, 9.17) is 4.74 Å². The predicted molar refractivity (Wildman–Crippen MR) is 71.2 cm³/mol. The van der Waals surface area contributed by atoms with Crippen molar-refractivity contribution in [2.24, 2.45) is 5.41 Å². The average molecular weight is 251 g/mol. The molecule has 0 N–H and O–H groups in total. The average Bonchev–Trinajstić information content (AvgIpc) is 2.70. The van der Waals surface area contributed by atoms with Gasteiger partial charge in [0.1, 0.15) is 0 Å². The van der Waals surface area contributed by atoms with Crippen LogP contribution in [-0.2, 0) is 17.8 Å². The van der Waals surface area contributed by atoms with Crippen molar-refractivity contribution in [3.05, 3.63) is 21.9 Å². The fourth-order valence-corrected chi connectivity index (χ4v) is 3.54. The molecule has 2 nitrogen and oxygen atoms in total. The Morgan fingerprint density at radius 3 is 2.88 bits per heavy atom. The van der Waals surface area contributed by atoms with Gasteiger partial charge in [-0.3, -0.25) is 4.90 Å². The van der Waals surface area contributed by atoms with Crippen LogP contribution in [0.15, 0.2) is 11.4 Å². The molecule has 2 heterocycles. The van der Waals surface area contributed by atoms with Gasteiger partial charge in [0.2, 0.25) is 0 Å². The maximum absolute atomic E-state index is 5.81. The van der Waals surface area contributed by atoms with E-state index in [2.05, 4.69) is 30.2 Å².